The van der Waals surface area contributed by atoms with Crippen LogP contribution < -0.4 is 0 Å². The third-order valence-electron chi connectivity index (χ3n) is 1.95. The Labute approximate surface area is 67.7 Å². The Balaban J connectivity index is 3.76. The zero-order valence-electron chi connectivity index (χ0n) is 7.25. The van der Waals surface area contributed by atoms with Crippen LogP contribution in [0.2, 0.25) is 0 Å². The van der Waals surface area contributed by atoms with Crippen LogP contribution in [0.15, 0.2) is 0 Å². The standard InChI is InChI=1S/C8H18O3/c1-3-5-6-7(4-2)8(9,10)11/h7,9-11H,3-6H2,1-2H3. The maximum atomic E-state index is 8.82. The third-order valence-corrected chi connectivity index (χ3v) is 1.95. The number of aliphatic hydroxyl groups is 3. The Morgan fingerprint density at radius 1 is 1.18 bits per heavy atom. The van der Waals surface area contributed by atoms with Gasteiger partial charge in [-0.2, -0.15) is 0 Å². The van der Waals surface area contributed by atoms with E-state index in [0.717, 1.165) is 12.8 Å². The van der Waals surface area contributed by atoms with E-state index in [0.29, 0.717) is 12.8 Å². The van der Waals surface area contributed by atoms with Gasteiger partial charge in [0.2, 0.25) is 0 Å². The second-order valence-electron chi connectivity index (χ2n) is 2.93. The summed E-state index contributed by atoms with van der Waals surface area (Å²) in [6.07, 6.45) is 3.18. The summed E-state index contributed by atoms with van der Waals surface area (Å²) >= 11 is 0. The highest BCUT2D eigenvalue weighted by Gasteiger charge is 2.29. The van der Waals surface area contributed by atoms with Gasteiger partial charge in [-0.25, -0.2) is 0 Å². The fourth-order valence-corrected chi connectivity index (χ4v) is 1.12. The van der Waals surface area contributed by atoms with Gasteiger partial charge in [-0.3, -0.25) is 0 Å². The highest BCUT2D eigenvalue weighted by atomic mass is 16.7. The predicted molar refractivity (Wildman–Crippen MR) is 42.7 cm³/mol. The van der Waals surface area contributed by atoms with Crippen LogP contribution in [0, 0.1) is 5.92 Å². The molecule has 0 aliphatic heterocycles. The van der Waals surface area contributed by atoms with Crippen LogP contribution in [-0.2, 0) is 0 Å². The van der Waals surface area contributed by atoms with Crippen LogP contribution >= 0.6 is 0 Å². The fourth-order valence-electron chi connectivity index (χ4n) is 1.12. The Morgan fingerprint density at radius 3 is 2.00 bits per heavy atom. The van der Waals surface area contributed by atoms with Crippen LogP contribution in [0.1, 0.15) is 39.5 Å². The van der Waals surface area contributed by atoms with E-state index in [4.69, 9.17) is 15.3 Å². The Kier molecular flexibility index (Phi) is 4.65. The molecule has 0 bridgehead atoms. The Bertz CT molecular complexity index is 96.0. The summed E-state index contributed by atoms with van der Waals surface area (Å²) in [7, 11) is 0. The molecule has 0 saturated carbocycles. The van der Waals surface area contributed by atoms with E-state index in [2.05, 4.69) is 0 Å². The summed E-state index contributed by atoms with van der Waals surface area (Å²) in [4.78, 5) is 0. The molecule has 11 heavy (non-hydrogen) atoms. The summed E-state index contributed by atoms with van der Waals surface area (Å²) in [5.41, 5.74) is 0. The molecule has 1 unspecified atom stereocenters. The SMILES string of the molecule is CCCCC(CC)C(O)(O)O. The first-order valence-electron chi connectivity index (χ1n) is 4.19. The van der Waals surface area contributed by atoms with Gasteiger partial charge in [0.05, 0.1) is 0 Å². The molecule has 0 fully saturated rings. The van der Waals surface area contributed by atoms with E-state index < -0.39 is 11.9 Å². The van der Waals surface area contributed by atoms with Crippen LogP contribution in [-0.4, -0.2) is 21.3 Å². The normalized spacial score (nSPS) is 15.0. The maximum absolute atomic E-state index is 8.82. The van der Waals surface area contributed by atoms with Crippen molar-refractivity contribution in [3.8, 4) is 0 Å². The van der Waals surface area contributed by atoms with Gasteiger partial charge in [-0.1, -0.05) is 26.7 Å². The number of rotatable bonds is 5. The lowest BCUT2D eigenvalue weighted by atomic mass is 9.97. The van der Waals surface area contributed by atoms with Crippen molar-refractivity contribution < 1.29 is 15.3 Å². The van der Waals surface area contributed by atoms with Crippen molar-refractivity contribution >= 4 is 0 Å². The Hall–Kier alpha value is -0.120. The molecule has 3 N–H and O–H groups in total. The van der Waals surface area contributed by atoms with Gasteiger partial charge in [0.25, 0.3) is 5.97 Å². The predicted octanol–water partition coefficient (Wildman–Crippen LogP) is 0.833. The van der Waals surface area contributed by atoms with Gasteiger partial charge >= 0.3 is 0 Å². The molecule has 1 atom stereocenters. The smallest absolute Gasteiger partial charge is 0.278 e. The molecule has 3 heteroatoms. The van der Waals surface area contributed by atoms with Crippen molar-refractivity contribution in [2.45, 2.75) is 45.5 Å². The first kappa shape index (κ1) is 10.9. The topological polar surface area (TPSA) is 60.7 Å². The zero-order valence-corrected chi connectivity index (χ0v) is 7.25. The summed E-state index contributed by atoms with van der Waals surface area (Å²) in [6, 6.07) is 0. The van der Waals surface area contributed by atoms with Crippen LogP contribution in [0.3, 0.4) is 0 Å². The number of hydrogen-bond acceptors (Lipinski definition) is 3. The quantitative estimate of drug-likeness (QED) is 0.525. The monoisotopic (exact) mass is 162 g/mol. The average Bonchev–Trinajstić information content (AvgIpc) is 1.87. The van der Waals surface area contributed by atoms with E-state index in [1.54, 1.807) is 0 Å². The minimum atomic E-state index is -2.48. The molecule has 0 spiro atoms. The molecular formula is C8H18O3. The highest BCUT2D eigenvalue weighted by Crippen LogP contribution is 2.21. The molecule has 0 rings (SSSR count). The van der Waals surface area contributed by atoms with Gasteiger partial charge in [0.15, 0.2) is 0 Å². The molecule has 0 aromatic heterocycles. The van der Waals surface area contributed by atoms with Crippen LogP contribution in [0.5, 0.6) is 0 Å². The molecule has 0 aromatic rings. The van der Waals surface area contributed by atoms with Gasteiger partial charge < -0.3 is 15.3 Å². The van der Waals surface area contributed by atoms with E-state index in [1.807, 2.05) is 13.8 Å². The molecule has 0 saturated heterocycles. The number of unbranched alkanes of at least 4 members (excludes halogenated alkanes) is 1. The molecule has 0 radical (unpaired) electrons. The van der Waals surface area contributed by atoms with Crippen molar-refractivity contribution in [1.82, 2.24) is 0 Å². The first-order chi connectivity index (χ1) is 5.02. The summed E-state index contributed by atoms with van der Waals surface area (Å²) in [5, 5.41) is 26.4. The van der Waals surface area contributed by atoms with Gasteiger partial charge in [-0.15, -0.1) is 0 Å². The molecule has 0 aliphatic carbocycles. The lowest BCUT2D eigenvalue weighted by Gasteiger charge is -2.24. The van der Waals surface area contributed by atoms with E-state index >= 15 is 0 Å². The van der Waals surface area contributed by atoms with Crippen molar-refractivity contribution in [1.29, 1.82) is 0 Å². The van der Waals surface area contributed by atoms with Gasteiger partial charge in [0.1, 0.15) is 0 Å². The molecule has 0 amide bonds. The molecule has 0 aromatic carbocycles. The largest absolute Gasteiger partial charge is 0.343 e. The highest BCUT2D eigenvalue weighted by molar-refractivity contribution is 4.63. The molecule has 68 valence electrons. The fraction of sp³-hybridized carbons (Fsp3) is 1.00. The van der Waals surface area contributed by atoms with Crippen molar-refractivity contribution in [3.63, 3.8) is 0 Å². The minimum absolute atomic E-state index is 0.414. The lowest BCUT2D eigenvalue weighted by molar-refractivity contribution is -0.343. The van der Waals surface area contributed by atoms with Gasteiger partial charge in [-0.05, 0) is 12.8 Å². The summed E-state index contributed by atoms with van der Waals surface area (Å²) < 4.78 is 0. The summed E-state index contributed by atoms with van der Waals surface area (Å²) in [5.74, 6) is -2.90. The molecular weight excluding hydrogens is 144 g/mol. The van der Waals surface area contributed by atoms with Gasteiger partial charge in [0, 0.05) is 5.92 Å². The molecule has 0 heterocycles. The second kappa shape index (κ2) is 4.70. The first-order valence-corrected chi connectivity index (χ1v) is 4.19. The number of hydrogen-bond donors (Lipinski definition) is 3. The zero-order chi connectivity index (χ0) is 8.91. The van der Waals surface area contributed by atoms with Crippen molar-refractivity contribution in [3.05, 3.63) is 0 Å². The molecule has 3 nitrogen and oxygen atoms in total. The maximum Gasteiger partial charge on any atom is 0.278 e. The van der Waals surface area contributed by atoms with Crippen molar-refractivity contribution in [2.75, 3.05) is 0 Å². The molecule has 0 aliphatic rings. The van der Waals surface area contributed by atoms with E-state index in [1.165, 1.54) is 0 Å². The average molecular weight is 162 g/mol. The van der Waals surface area contributed by atoms with E-state index in [9.17, 15) is 0 Å². The lowest BCUT2D eigenvalue weighted by Crippen LogP contribution is -2.36. The van der Waals surface area contributed by atoms with Crippen molar-refractivity contribution in [2.24, 2.45) is 5.92 Å². The minimum Gasteiger partial charge on any atom is -0.343 e. The van der Waals surface area contributed by atoms with Crippen LogP contribution in [0.4, 0.5) is 0 Å². The van der Waals surface area contributed by atoms with E-state index in [-0.39, 0.29) is 0 Å². The second-order valence-corrected chi connectivity index (χ2v) is 2.93. The summed E-state index contributed by atoms with van der Waals surface area (Å²) in [6.45, 7) is 3.86. The third kappa shape index (κ3) is 4.35. The van der Waals surface area contributed by atoms with Crippen LogP contribution in [0.25, 0.3) is 0 Å². The Morgan fingerprint density at radius 2 is 1.73 bits per heavy atom.